The third-order valence-electron chi connectivity index (χ3n) is 3.08. The van der Waals surface area contributed by atoms with Crippen molar-refractivity contribution in [3.63, 3.8) is 0 Å². The topological polar surface area (TPSA) is 63.8 Å². The first kappa shape index (κ1) is 21.2. The van der Waals surface area contributed by atoms with Crippen molar-refractivity contribution >= 4 is 12.7 Å². The molecule has 0 aliphatic rings. The first-order valence-electron chi connectivity index (χ1n) is 8.05. The quantitative estimate of drug-likeness (QED) is 0.430. The average molecular weight is 324 g/mol. The molecule has 0 saturated heterocycles. The van der Waals surface area contributed by atoms with Crippen LogP contribution < -0.4 is 0 Å². The van der Waals surface area contributed by atoms with Gasteiger partial charge >= 0.3 is 0 Å². The van der Waals surface area contributed by atoms with Crippen LogP contribution >= 0.6 is 0 Å². The van der Waals surface area contributed by atoms with E-state index in [0.29, 0.717) is 0 Å². The van der Waals surface area contributed by atoms with Gasteiger partial charge in [0, 0.05) is 11.8 Å². The molecular weight excluding hydrogens is 296 g/mol. The second-order valence-corrected chi connectivity index (χ2v) is 4.63. The van der Waals surface area contributed by atoms with E-state index in [1.165, 1.54) is 4.90 Å². The number of nitrogens with one attached hydrogen (secondary N) is 2. The van der Waals surface area contributed by atoms with Crippen molar-refractivity contribution in [1.29, 1.82) is 10.8 Å². The van der Waals surface area contributed by atoms with E-state index in [2.05, 4.69) is 11.6 Å². The molecule has 0 aliphatic carbocycles. The van der Waals surface area contributed by atoms with Crippen LogP contribution in [0.15, 0.2) is 61.3 Å². The molecule has 1 heterocycles. The highest BCUT2D eigenvalue weighted by molar-refractivity contribution is 5.72. The molecule has 1 unspecified atom stereocenters. The van der Waals surface area contributed by atoms with Crippen molar-refractivity contribution in [1.82, 2.24) is 9.88 Å². The zero-order valence-electron chi connectivity index (χ0n) is 15.0. The zero-order valence-corrected chi connectivity index (χ0v) is 15.0. The van der Waals surface area contributed by atoms with Gasteiger partial charge in [-0.25, -0.2) is 0 Å². The average Bonchev–Trinajstić information content (AvgIpc) is 2.66. The number of aromatic nitrogens is 1. The van der Waals surface area contributed by atoms with Crippen LogP contribution in [0, 0.1) is 10.8 Å². The molecule has 0 spiro atoms. The molecule has 0 fully saturated rings. The lowest BCUT2D eigenvalue weighted by molar-refractivity contribution is 0.502. The molecule has 0 bridgehead atoms. The van der Waals surface area contributed by atoms with Crippen molar-refractivity contribution in [2.75, 3.05) is 0 Å². The summed E-state index contributed by atoms with van der Waals surface area (Å²) in [5.74, 6) is 0. The van der Waals surface area contributed by atoms with E-state index in [0.717, 1.165) is 29.5 Å². The maximum atomic E-state index is 7.25. The third-order valence-corrected chi connectivity index (χ3v) is 3.08. The Labute approximate surface area is 145 Å². The highest BCUT2D eigenvalue weighted by Crippen LogP contribution is 2.21. The fraction of sp³-hybridized carbons (Fsp3) is 0.250. The van der Waals surface area contributed by atoms with Gasteiger partial charge in [-0.2, -0.15) is 0 Å². The summed E-state index contributed by atoms with van der Waals surface area (Å²) in [6, 6.07) is 13.9. The Kier molecular flexibility index (Phi) is 11.3. The van der Waals surface area contributed by atoms with Crippen molar-refractivity contribution in [2.24, 2.45) is 0 Å². The minimum Gasteiger partial charge on any atom is -0.317 e. The Bertz CT molecular complexity index is 583. The van der Waals surface area contributed by atoms with Gasteiger partial charge in [0.2, 0.25) is 0 Å². The number of rotatable bonds is 5. The van der Waals surface area contributed by atoms with Gasteiger partial charge in [-0.1, -0.05) is 56.3 Å². The van der Waals surface area contributed by atoms with Gasteiger partial charge in [0.25, 0.3) is 0 Å². The smallest absolute Gasteiger partial charge is 0.0874 e. The summed E-state index contributed by atoms with van der Waals surface area (Å²) < 4.78 is 0. The molecule has 24 heavy (non-hydrogen) atoms. The number of pyridine rings is 1. The van der Waals surface area contributed by atoms with Gasteiger partial charge in [0.15, 0.2) is 0 Å². The summed E-state index contributed by atoms with van der Waals surface area (Å²) in [5.41, 5.74) is 2.98. The molecule has 1 aromatic heterocycles. The van der Waals surface area contributed by atoms with E-state index in [4.69, 9.17) is 10.8 Å². The van der Waals surface area contributed by atoms with Gasteiger partial charge in [-0.15, -0.1) is 6.58 Å². The van der Waals surface area contributed by atoms with Gasteiger partial charge in [0.1, 0.15) is 0 Å². The van der Waals surface area contributed by atoms with Gasteiger partial charge in [0.05, 0.1) is 24.4 Å². The number of hydrogen-bond acceptors (Lipinski definition) is 3. The largest absolute Gasteiger partial charge is 0.317 e. The van der Waals surface area contributed by atoms with Crippen molar-refractivity contribution in [3.05, 3.63) is 66.9 Å². The lowest BCUT2D eigenvalue weighted by atomic mass is 10.1. The monoisotopic (exact) mass is 324 g/mol. The van der Waals surface area contributed by atoms with Crippen LogP contribution in [0.1, 0.15) is 39.3 Å². The molecule has 0 saturated carbocycles. The van der Waals surface area contributed by atoms with Crippen LogP contribution in [-0.4, -0.2) is 22.6 Å². The van der Waals surface area contributed by atoms with Crippen LogP contribution in [0.25, 0.3) is 11.3 Å². The summed E-state index contributed by atoms with van der Waals surface area (Å²) in [6.45, 7) is 11.2. The van der Waals surface area contributed by atoms with Gasteiger partial charge < -0.3 is 4.90 Å². The van der Waals surface area contributed by atoms with Crippen molar-refractivity contribution in [2.45, 2.75) is 33.7 Å². The molecule has 2 aromatic rings. The van der Waals surface area contributed by atoms with Crippen LogP contribution in [0.2, 0.25) is 0 Å². The van der Waals surface area contributed by atoms with Gasteiger partial charge in [-0.05, 0) is 25.5 Å². The second-order valence-electron chi connectivity index (χ2n) is 4.63. The summed E-state index contributed by atoms with van der Waals surface area (Å²) in [7, 11) is 0. The number of benzene rings is 1. The van der Waals surface area contributed by atoms with Crippen molar-refractivity contribution in [3.8, 4) is 11.3 Å². The molecule has 0 aliphatic heterocycles. The van der Waals surface area contributed by atoms with E-state index in [1.54, 1.807) is 12.3 Å². The summed E-state index contributed by atoms with van der Waals surface area (Å²) in [6.07, 6.45) is 5.83. The zero-order chi connectivity index (χ0) is 18.4. The lowest BCUT2D eigenvalue weighted by Gasteiger charge is -2.21. The molecule has 4 heteroatoms. The normalized spacial score (nSPS) is 10.0. The molecule has 0 amide bonds. The minimum absolute atomic E-state index is 0.0627. The second kappa shape index (κ2) is 12.8. The SMILES string of the molecule is C=CC.CC.CC(c1ccc(-c2ccccc2)nc1)N(C=N)C=N. The summed E-state index contributed by atoms with van der Waals surface area (Å²) >= 11 is 0. The molecule has 2 rings (SSSR count). The van der Waals surface area contributed by atoms with E-state index in [1.807, 2.05) is 70.2 Å². The first-order chi connectivity index (χ1) is 11.7. The Morgan fingerprint density at radius 3 is 2.00 bits per heavy atom. The van der Waals surface area contributed by atoms with Gasteiger partial charge in [-0.3, -0.25) is 15.8 Å². The first-order valence-corrected chi connectivity index (χ1v) is 8.05. The highest BCUT2D eigenvalue weighted by atomic mass is 15.2. The fourth-order valence-corrected chi connectivity index (χ4v) is 1.87. The van der Waals surface area contributed by atoms with Crippen LogP contribution in [0.5, 0.6) is 0 Å². The number of hydrogen-bond donors (Lipinski definition) is 2. The van der Waals surface area contributed by atoms with Crippen LogP contribution in [0.4, 0.5) is 0 Å². The van der Waals surface area contributed by atoms with Crippen LogP contribution in [-0.2, 0) is 0 Å². The predicted molar refractivity (Wildman–Crippen MR) is 105 cm³/mol. The number of allylic oxidation sites excluding steroid dienone is 1. The maximum Gasteiger partial charge on any atom is 0.0874 e. The molecule has 4 nitrogen and oxygen atoms in total. The van der Waals surface area contributed by atoms with E-state index < -0.39 is 0 Å². The van der Waals surface area contributed by atoms with Crippen LogP contribution in [0.3, 0.4) is 0 Å². The highest BCUT2D eigenvalue weighted by Gasteiger charge is 2.11. The molecule has 0 radical (unpaired) electrons. The molecule has 1 atom stereocenters. The lowest BCUT2D eigenvalue weighted by Crippen LogP contribution is -2.23. The Morgan fingerprint density at radius 1 is 1.04 bits per heavy atom. The Morgan fingerprint density at radius 2 is 1.58 bits per heavy atom. The third kappa shape index (κ3) is 6.57. The standard InChI is InChI=1S/C15H16N4.C3H6.C2H6/c1-12(19(10-16)11-17)14-7-8-15(18-9-14)13-5-3-2-4-6-13;1-3-2;1-2/h2-12,16-17H,1H3;3H,1H2,2H3;1-2H3. The van der Waals surface area contributed by atoms with E-state index in [9.17, 15) is 0 Å². The Hall–Kier alpha value is -2.75. The molecule has 128 valence electrons. The summed E-state index contributed by atoms with van der Waals surface area (Å²) in [4.78, 5) is 5.96. The van der Waals surface area contributed by atoms with E-state index >= 15 is 0 Å². The molecular formula is C20H28N4. The van der Waals surface area contributed by atoms with Crippen molar-refractivity contribution < 1.29 is 0 Å². The number of nitrogens with zero attached hydrogens (tertiary/aromatic N) is 2. The predicted octanol–water partition coefficient (Wildman–Crippen LogP) is 5.54. The molecule has 2 N–H and O–H groups in total. The summed E-state index contributed by atoms with van der Waals surface area (Å²) in [5, 5.41) is 14.5. The molecule has 1 aromatic carbocycles. The Balaban J connectivity index is 0.000000952. The maximum absolute atomic E-state index is 7.25. The fourth-order valence-electron chi connectivity index (χ4n) is 1.87. The van der Waals surface area contributed by atoms with E-state index in [-0.39, 0.29) is 6.04 Å². The minimum atomic E-state index is -0.0627.